The van der Waals surface area contributed by atoms with E-state index < -0.39 is 0 Å². The summed E-state index contributed by atoms with van der Waals surface area (Å²) in [6, 6.07) is 8.39. The molecule has 2 rings (SSSR count). The van der Waals surface area contributed by atoms with Gasteiger partial charge >= 0.3 is 0 Å². The van der Waals surface area contributed by atoms with Crippen molar-refractivity contribution in [1.29, 1.82) is 0 Å². The summed E-state index contributed by atoms with van der Waals surface area (Å²) in [5.41, 5.74) is 1.31. The molecule has 2 atom stereocenters. The standard InChI is InChI=1S/C17H27NO2/c1-3-10-19-16-7-5-14(6-8-16)12-18-13-15-9-11-20-17(15)4-2/h5-8,15,17-18H,3-4,9-13H2,1-2H3. The number of nitrogens with one attached hydrogen (secondary N) is 1. The largest absolute Gasteiger partial charge is 0.494 e. The van der Waals surface area contributed by atoms with Gasteiger partial charge in [-0.3, -0.25) is 0 Å². The van der Waals surface area contributed by atoms with Gasteiger partial charge in [-0.1, -0.05) is 26.0 Å². The summed E-state index contributed by atoms with van der Waals surface area (Å²) < 4.78 is 11.3. The van der Waals surface area contributed by atoms with Crippen molar-refractivity contribution in [2.75, 3.05) is 19.8 Å². The maximum absolute atomic E-state index is 5.71. The van der Waals surface area contributed by atoms with E-state index in [0.717, 1.165) is 44.9 Å². The van der Waals surface area contributed by atoms with Gasteiger partial charge in [0.2, 0.25) is 0 Å². The van der Waals surface area contributed by atoms with E-state index in [9.17, 15) is 0 Å². The Morgan fingerprint density at radius 1 is 1.25 bits per heavy atom. The molecular formula is C17H27NO2. The first-order valence-corrected chi connectivity index (χ1v) is 7.87. The third kappa shape index (κ3) is 4.50. The van der Waals surface area contributed by atoms with Crippen LogP contribution in [-0.4, -0.2) is 25.9 Å². The van der Waals surface area contributed by atoms with Crippen LogP contribution in [0.25, 0.3) is 0 Å². The summed E-state index contributed by atoms with van der Waals surface area (Å²) in [7, 11) is 0. The molecule has 3 nitrogen and oxygen atoms in total. The summed E-state index contributed by atoms with van der Waals surface area (Å²) in [6.45, 7) is 8.01. The molecular weight excluding hydrogens is 250 g/mol. The Balaban J connectivity index is 1.71. The van der Waals surface area contributed by atoms with E-state index in [0.29, 0.717) is 12.0 Å². The zero-order valence-electron chi connectivity index (χ0n) is 12.7. The third-order valence-corrected chi connectivity index (χ3v) is 3.88. The molecule has 1 aliphatic heterocycles. The number of ether oxygens (including phenoxy) is 2. The molecule has 0 aromatic heterocycles. The highest BCUT2D eigenvalue weighted by Crippen LogP contribution is 2.22. The van der Waals surface area contributed by atoms with Gasteiger partial charge < -0.3 is 14.8 Å². The van der Waals surface area contributed by atoms with Crippen molar-refractivity contribution < 1.29 is 9.47 Å². The SMILES string of the molecule is CCCOc1ccc(CNCC2CCOC2CC)cc1. The van der Waals surface area contributed by atoms with Crippen LogP contribution in [0.1, 0.15) is 38.7 Å². The topological polar surface area (TPSA) is 30.5 Å². The third-order valence-electron chi connectivity index (χ3n) is 3.88. The second-order valence-corrected chi connectivity index (χ2v) is 5.49. The van der Waals surface area contributed by atoms with Crippen LogP contribution < -0.4 is 10.1 Å². The van der Waals surface area contributed by atoms with Crippen molar-refractivity contribution in [3.05, 3.63) is 29.8 Å². The minimum Gasteiger partial charge on any atom is -0.494 e. The van der Waals surface area contributed by atoms with Crippen LogP contribution in [0.5, 0.6) is 5.75 Å². The fourth-order valence-corrected chi connectivity index (χ4v) is 2.70. The molecule has 1 aliphatic rings. The molecule has 3 heteroatoms. The summed E-state index contributed by atoms with van der Waals surface area (Å²) >= 11 is 0. The van der Waals surface area contributed by atoms with E-state index in [-0.39, 0.29) is 0 Å². The summed E-state index contributed by atoms with van der Waals surface area (Å²) in [6.07, 6.45) is 3.81. The zero-order chi connectivity index (χ0) is 14.2. The highest BCUT2D eigenvalue weighted by molar-refractivity contribution is 5.27. The lowest BCUT2D eigenvalue weighted by atomic mass is 9.99. The monoisotopic (exact) mass is 277 g/mol. The molecule has 0 radical (unpaired) electrons. The molecule has 20 heavy (non-hydrogen) atoms. The molecule has 1 heterocycles. The molecule has 0 aliphatic carbocycles. The summed E-state index contributed by atoms with van der Waals surface area (Å²) in [5.74, 6) is 1.64. The molecule has 0 saturated carbocycles. The molecule has 112 valence electrons. The van der Waals surface area contributed by atoms with E-state index in [1.165, 1.54) is 12.0 Å². The van der Waals surface area contributed by atoms with Crippen LogP contribution in [0.4, 0.5) is 0 Å². The van der Waals surface area contributed by atoms with Crippen molar-refractivity contribution in [1.82, 2.24) is 5.32 Å². The van der Waals surface area contributed by atoms with Gasteiger partial charge in [0.05, 0.1) is 12.7 Å². The Kier molecular flexibility index (Phi) is 6.34. The zero-order valence-corrected chi connectivity index (χ0v) is 12.7. The molecule has 0 bridgehead atoms. The van der Waals surface area contributed by atoms with Crippen molar-refractivity contribution in [2.24, 2.45) is 5.92 Å². The second-order valence-electron chi connectivity index (χ2n) is 5.49. The quantitative estimate of drug-likeness (QED) is 0.790. The van der Waals surface area contributed by atoms with Gasteiger partial charge in [0.25, 0.3) is 0 Å². The first kappa shape index (κ1) is 15.3. The Morgan fingerprint density at radius 2 is 2.05 bits per heavy atom. The van der Waals surface area contributed by atoms with Crippen LogP contribution in [-0.2, 0) is 11.3 Å². The Bertz CT molecular complexity index is 377. The van der Waals surface area contributed by atoms with E-state index >= 15 is 0 Å². The summed E-state index contributed by atoms with van der Waals surface area (Å²) in [4.78, 5) is 0. The lowest BCUT2D eigenvalue weighted by Crippen LogP contribution is -2.27. The van der Waals surface area contributed by atoms with Gasteiger partial charge in [-0.25, -0.2) is 0 Å². The number of benzene rings is 1. The number of hydrogen-bond donors (Lipinski definition) is 1. The van der Waals surface area contributed by atoms with Crippen molar-refractivity contribution in [3.8, 4) is 5.75 Å². The van der Waals surface area contributed by atoms with E-state index in [1.54, 1.807) is 0 Å². The van der Waals surface area contributed by atoms with Crippen LogP contribution in [0.3, 0.4) is 0 Å². The van der Waals surface area contributed by atoms with Gasteiger partial charge in [0.1, 0.15) is 5.75 Å². The first-order chi connectivity index (χ1) is 9.83. The van der Waals surface area contributed by atoms with Gasteiger partial charge in [-0.15, -0.1) is 0 Å². The second kappa shape index (κ2) is 8.28. The van der Waals surface area contributed by atoms with E-state index in [1.807, 2.05) is 0 Å². The highest BCUT2D eigenvalue weighted by atomic mass is 16.5. The lowest BCUT2D eigenvalue weighted by Gasteiger charge is -2.17. The van der Waals surface area contributed by atoms with Crippen molar-refractivity contribution in [3.63, 3.8) is 0 Å². The summed E-state index contributed by atoms with van der Waals surface area (Å²) in [5, 5.41) is 3.55. The highest BCUT2D eigenvalue weighted by Gasteiger charge is 2.25. The molecule has 1 fully saturated rings. The normalized spacial score (nSPS) is 22.1. The van der Waals surface area contributed by atoms with Gasteiger partial charge in [0.15, 0.2) is 0 Å². The van der Waals surface area contributed by atoms with Gasteiger partial charge in [-0.2, -0.15) is 0 Å². The van der Waals surface area contributed by atoms with Crippen LogP contribution >= 0.6 is 0 Å². The van der Waals surface area contributed by atoms with Gasteiger partial charge in [-0.05, 0) is 42.9 Å². The van der Waals surface area contributed by atoms with Crippen LogP contribution in [0, 0.1) is 5.92 Å². The Morgan fingerprint density at radius 3 is 2.75 bits per heavy atom. The Hall–Kier alpha value is -1.06. The lowest BCUT2D eigenvalue weighted by molar-refractivity contribution is 0.0872. The molecule has 0 spiro atoms. The average molecular weight is 277 g/mol. The molecule has 2 unspecified atom stereocenters. The molecule has 1 aromatic carbocycles. The molecule has 1 aromatic rings. The molecule has 1 saturated heterocycles. The van der Waals surface area contributed by atoms with Crippen LogP contribution in [0.15, 0.2) is 24.3 Å². The number of rotatable bonds is 8. The van der Waals surface area contributed by atoms with Gasteiger partial charge in [0, 0.05) is 19.7 Å². The maximum atomic E-state index is 5.71. The number of hydrogen-bond acceptors (Lipinski definition) is 3. The van der Waals surface area contributed by atoms with Crippen LogP contribution in [0.2, 0.25) is 0 Å². The molecule has 0 amide bonds. The molecule has 1 N–H and O–H groups in total. The first-order valence-electron chi connectivity index (χ1n) is 7.87. The minimum atomic E-state index is 0.451. The predicted molar refractivity (Wildman–Crippen MR) is 82.1 cm³/mol. The minimum absolute atomic E-state index is 0.451. The maximum Gasteiger partial charge on any atom is 0.119 e. The van der Waals surface area contributed by atoms with E-state index in [2.05, 4.69) is 43.4 Å². The Labute approximate surface area is 122 Å². The van der Waals surface area contributed by atoms with Crippen molar-refractivity contribution in [2.45, 2.75) is 45.8 Å². The van der Waals surface area contributed by atoms with E-state index in [4.69, 9.17) is 9.47 Å². The predicted octanol–water partition coefficient (Wildman–Crippen LogP) is 3.38. The fourth-order valence-electron chi connectivity index (χ4n) is 2.70. The van der Waals surface area contributed by atoms with Crippen molar-refractivity contribution >= 4 is 0 Å². The smallest absolute Gasteiger partial charge is 0.119 e. The fraction of sp³-hybridized carbons (Fsp3) is 0.647. The average Bonchev–Trinajstić information content (AvgIpc) is 2.94.